The van der Waals surface area contributed by atoms with Gasteiger partial charge in [0, 0.05) is 24.6 Å². The van der Waals surface area contributed by atoms with Crippen molar-refractivity contribution in [2.45, 2.75) is 20.4 Å². The van der Waals surface area contributed by atoms with E-state index in [1.165, 1.54) is 6.20 Å². The van der Waals surface area contributed by atoms with Gasteiger partial charge in [0.2, 0.25) is 0 Å². The van der Waals surface area contributed by atoms with Gasteiger partial charge in [0.05, 0.1) is 12.4 Å². The van der Waals surface area contributed by atoms with E-state index in [9.17, 15) is 4.79 Å². The fourth-order valence-electron chi connectivity index (χ4n) is 2.43. The fourth-order valence-corrected chi connectivity index (χ4v) is 2.43. The minimum Gasteiger partial charge on any atom is -0.347 e. The minimum absolute atomic E-state index is 0.269. The number of carbonyl (C=O) groups is 1. The number of rotatable bonds is 5. The third-order valence-electron chi connectivity index (χ3n) is 3.79. The van der Waals surface area contributed by atoms with Crippen molar-refractivity contribution in [3.63, 3.8) is 0 Å². The van der Waals surface area contributed by atoms with Crippen LogP contribution in [0.25, 0.3) is 0 Å². The van der Waals surface area contributed by atoms with Crippen LogP contribution in [-0.2, 0) is 6.54 Å². The zero-order chi connectivity index (χ0) is 17.6. The second-order valence-electron chi connectivity index (χ2n) is 5.72. The molecule has 0 unspecified atom stereocenters. The van der Waals surface area contributed by atoms with E-state index in [2.05, 4.69) is 25.6 Å². The first-order valence-corrected chi connectivity index (χ1v) is 7.96. The Balaban J connectivity index is 1.64. The molecule has 0 radical (unpaired) electrons. The van der Waals surface area contributed by atoms with E-state index in [1.54, 1.807) is 18.6 Å². The first-order valence-electron chi connectivity index (χ1n) is 7.96. The number of benzene rings is 1. The van der Waals surface area contributed by atoms with Crippen LogP contribution in [0, 0.1) is 13.8 Å². The molecule has 2 aromatic heterocycles. The van der Waals surface area contributed by atoms with Crippen molar-refractivity contribution in [1.29, 1.82) is 0 Å². The van der Waals surface area contributed by atoms with Crippen molar-refractivity contribution in [2.75, 3.05) is 5.32 Å². The van der Waals surface area contributed by atoms with Gasteiger partial charge in [-0.1, -0.05) is 24.3 Å². The number of aromatic nitrogens is 3. The number of hydrogen-bond donors (Lipinski definition) is 2. The monoisotopic (exact) mass is 333 g/mol. The quantitative estimate of drug-likeness (QED) is 0.750. The van der Waals surface area contributed by atoms with E-state index >= 15 is 0 Å². The first-order chi connectivity index (χ1) is 12.1. The molecule has 6 nitrogen and oxygen atoms in total. The van der Waals surface area contributed by atoms with Gasteiger partial charge in [0.1, 0.15) is 11.5 Å². The number of nitrogens with one attached hydrogen (secondary N) is 2. The Kier molecular flexibility index (Phi) is 4.99. The molecule has 0 atom stereocenters. The predicted octanol–water partition coefficient (Wildman–Crippen LogP) is 3.16. The number of aryl methyl sites for hydroxylation is 2. The van der Waals surface area contributed by atoms with Crippen molar-refractivity contribution in [3.8, 4) is 0 Å². The predicted molar refractivity (Wildman–Crippen MR) is 96.6 cm³/mol. The van der Waals surface area contributed by atoms with Gasteiger partial charge in [-0.2, -0.15) is 0 Å². The minimum atomic E-state index is -0.269. The highest BCUT2D eigenvalue weighted by Crippen LogP contribution is 2.22. The largest absolute Gasteiger partial charge is 0.347 e. The molecule has 0 saturated heterocycles. The van der Waals surface area contributed by atoms with Crippen LogP contribution in [0.5, 0.6) is 0 Å². The molecule has 0 aliphatic rings. The zero-order valence-electron chi connectivity index (χ0n) is 14.2. The summed E-state index contributed by atoms with van der Waals surface area (Å²) in [4.78, 5) is 24.6. The normalized spacial score (nSPS) is 10.3. The van der Waals surface area contributed by atoms with Gasteiger partial charge in [-0.25, -0.2) is 9.97 Å². The average molecular weight is 333 g/mol. The topological polar surface area (TPSA) is 79.8 Å². The van der Waals surface area contributed by atoms with Crippen LogP contribution in [0.15, 0.2) is 55.1 Å². The maximum absolute atomic E-state index is 12.1. The Morgan fingerprint density at radius 2 is 1.80 bits per heavy atom. The Morgan fingerprint density at radius 1 is 1.00 bits per heavy atom. The first kappa shape index (κ1) is 16.6. The number of hydrogen-bond acceptors (Lipinski definition) is 5. The Hall–Kier alpha value is -3.28. The zero-order valence-corrected chi connectivity index (χ0v) is 14.2. The van der Waals surface area contributed by atoms with Gasteiger partial charge >= 0.3 is 0 Å². The lowest BCUT2D eigenvalue weighted by atomic mass is 10.1. The maximum Gasteiger partial charge on any atom is 0.271 e. The van der Waals surface area contributed by atoms with Crippen LogP contribution in [0.4, 0.5) is 11.5 Å². The van der Waals surface area contributed by atoms with E-state index in [-0.39, 0.29) is 11.6 Å². The van der Waals surface area contributed by atoms with Crippen LogP contribution in [-0.4, -0.2) is 20.9 Å². The number of carbonyl (C=O) groups excluding carboxylic acids is 1. The molecule has 0 saturated carbocycles. The second-order valence-corrected chi connectivity index (χ2v) is 5.72. The third kappa shape index (κ3) is 4.17. The summed E-state index contributed by atoms with van der Waals surface area (Å²) in [5, 5.41) is 6.05. The van der Waals surface area contributed by atoms with Crippen LogP contribution < -0.4 is 10.6 Å². The average Bonchev–Trinajstić information content (AvgIpc) is 2.64. The highest BCUT2D eigenvalue weighted by Gasteiger charge is 2.09. The molecule has 3 rings (SSSR count). The molecule has 0 aliphatic carbocycles. The van der Waals surface area contributed by atoms with Gasteiger partial charge in [-0.3, -0.25) is 9.78 Å². The summed E-state index contributed by atoms with van der Waals surface area (Å²) in [6.07, 6.45) is 6.43. The van der Waals surface area contributed by atoms with Crippen molar-refractivity contribution in [3.05, 3.63) is 77.5 Å². The number of amides is 1. The number of nitrogens with zero attached hydrogens (tertiary/aromatic N) is 3. The van der Waals surface area contributed by atoms with E-state index in [1.807, 2.05) is 44.2 Å². The SMILES string of the molecule is Cc1cccc(C)c1Nc1cnc(C(=O)NCc2cccnc2)cn1. The lowest BCUT2D eigenvalue weighted by Crippen LogP contribution is -2.24. The lowest BCUT2D eigenvalue weighted by Gasteiger charge is -2.11. The molecule has 3 aromatic rings. The third-order valence-corrected chi connectivity index (χ3v) is 3.79. The molecule has 1 aromatic carbocycles. The number of pyridine rings is 1. The summed E-state index contributed by atoms with van der Waals surface area (Å²) in [7, 11) is 0. The van der Waals surface area contributed by atoms with Gasteiger partial charge in [0.15, 0.2) is 0 Å². The second kappa shape index (κ2) is 7.53. The summed E-state index contributed by atoms with van der Waals surface area (Å²) in [5.41, 5.74) is 4.46. The molecule has 0 aliphatic heterocycles. The molecule has 2 N–H and O–H groups in total. The van der Waals surface area contributed by atoms with Crippen LogP contribution >= 0.6 is 0 Å². The van der Waals surface area contributed by atoms with Crippen LogP contribution in [0.1, 0.15) is 27.2 Å². The maximum atomic E-state index is 12.1. The van der Waals surface area contributed by atoms with Gasteiger partial charge in [-0.05, 0) is 36.6 Å². The van der Waals surface area contributed by atoms with E-state index in [4.69, 9.17) is 0 Å². The highest BCUT2D eigenvalue weighted by molar-refractivity contribution is 5.92. The van der Waals surface area contributed by atoms with Gasteiger partial charge in [-0.15, -0.1) is 0 Å². The summed E-state index contributed by atoms with van der Waals surface area (Å²) < 4.78 is 0. The van der Waals surface area contributed by atoms with Crippen molar-refractivity contribution in [2.24, 2.45) is 0 Å². The Morgan fingerprint density at radius 3 is 2.44 bits per heavy atom. The number of para-hydroxylation sites is 1. The summed E-state index contributed by atoms with van der Waals surface area (Å²) in [6.45, 7) is 4.46. The standard InChI is InChI=1S/C19H19N5O/c1-13-5-3-6-14(2)18(13)24-17-12-21-16(11-22-17)19(25)23-10-15-7-4-8-20-9-15/h3-9,11-12H,10H2,1-2H3,(H,22,24)(H,23,25). The molecule has 2 heterocycles. The Labute approximate surface area is 146 Å². The van der Waals surface area contributed by atoms with Crippen molar-refractivity contribution >= 4 is 17.4 Å². The lowest BCUT2D eigenvalue weighted by molar-refractivity contribution is 0.0945. The van der Waals surface area contributed by atoms with Crippen LogP contribution in [0.2, 0.25) is 0 Å². The molecule has 0 fully saturated rings. The highest BCUT2D eigenvalue weighted by atomic mass is 16.1. The summed E-state index contributed by atoms with van der Waals surface area (Å²) in [5.74, 6) is 0.330. The molecule has 0 spiro atoms. The van der Waals surface area contributed by atoms with Crippen molar-refractivity contribution in [1.82, 2.24) is 20.3 Å². The molecule has 6 heteroatoms. The number of anilines is 2. The van der Waals surface area contributed by atoms with Crippen LogP contribution in [0.3, 0.4) is 0 Å². The molecular formula is C19H19N5O. The van der Waals surface area contributed by atoms with Gasteiger partial charge < -0.3 is 10.6 Å². The summed E-state index contributed by atoms with van der Waals surface area (Å²) >= 11 is 0. The molecule has 1 amide bonds. The van der Waals surface area contributed by atoms with E-state index in [0.717, 1.165) is 22.4 Å². The van der Waals surface area contributed by atoms with Crippen molar-refractivity contribution < 1.29 is 4.79 Å². The summed E-state index contributed by atoms with van der Waals surface area (Å²) in [6, 6.07) is 9.80. The van der Waals surface area contributed by atoms with Gasteiger partial charge in [0.25, 0.3) is 5.91 Å². The molecule has 25 heavy (non-hydrogen) atoms. The Bertz CT molecular complexity index is 842. The van der Waals surface area contributed by atoms with E-state index < -0.39 is 0 Å². The fraction of sp³-hybridized carbons (Fsp3) is 0.158. The molecular weight excluding hydrogens is 314 g/mol. The smallest absolute Gasteiger partial charge is 0.271 e. The molecule has 0 bridgehead atoms. The van der Waals surface area contributed by atoms with E-state index in [0.29, 0.717) is 12.4 Å². The molecule has 126 valence electrons.